The molecule has 0 unspecified atom stereocenters. The summed E-state index contributed by atoms with van der Waals surface area (Å²) in [4.78, 5) is 35.3. The lowest BCUT2D eigenvalue weighted by Crippen LogP contribution is -2.51. The van der Waals surface area contributed by atoms with Gasteiger partial charge >= 0.3 is 0 Å². The first-order valence-electron chi connectivity index (χ1n) is 10.8. The van der Waals surface area contributed by atoms with Gasteiger partial charge in [0.05, 0.1) is 12.2 Å². The van der Waals surface area contributed by atoms with Gasteiger partial charge in [-0.05, 0) is 17.7 Å². The highest BCUT2D eigenvalue weighted by Crippen LogP contribution is 2.23. The van der Waals surface area contributed by atoms with E-state index in [0.29, 0.717) is 55.8 Å². The van der Waals surface area contributed by atoms with Crippen LogP contribution in [-0.4, -0.2) is 71.3 Å². The van der Waals surface area contributed by atoms with Gasteiger partial charge in [-0.3, -0.25) is 14.5 Å². The SMILES string of the molecule is CN(Cc1ccccc1)C(=O)CN1CCN(C(=O)c2csc(Nc3ccccc3F)n2)CC1. The van der Waals surface area contributed by atoms with Crippen molar-refractivity contribution in [2.45, 2.75) is 6.54 Å². The van der Waals surface area contributed by atoms with E-state index >= 15 is 0 Å². The summed E-state index contributed by atoms with van der Waals surface area (Å²) in [6.07, 6.45) is 0. The van der Waals surface area contributed by atoms with Crippen molar-refractivity contribution >= 4 is 34.0 Å². The second kappa shape index (κ2) is 10.5. The van der Waals surface area contributed by atoms with Crippen LogP contribution in [-0.2, 0) is 11.3 Å². The molecule has 0 spiro atoms. The maximum atomic E-state index is 13.8. The number of amides is 2. The predicted molar refractivity (Wildman–Crippen MR) is 127 cm³/mol. The van der Waals surface area contributed by atoms with Crippen molar-refractivity contribution in [1.82, 2.24) is 19.7 Å². The van der Waals surface area contributed by atoms with Crippen LogP contribution in [0.1, 0.15) is 16.1 Å². The fraction of sp³-hybridized carbons (Fsp3) is 0.292. The number of halogens is 1. The summed E-state index contributed by atoms with van der Waals surface area (Å²) in [5.41, 5.74) is 1.75. The molecular weight excluding hydrogens is 441 g/mol. The average Bonchev–Trinajstić information content (AvgIpc) is 3.30. The third-order valence-electron chi connectivity index (χ3n) is 5.55. The molecule has 2 heterocycles. The fourth-order valence-corrected chi connectivity index (χ4v) is 4.33. The van der Waals surface area contributed by atoms with Gasteiger partial charge in [-0.2, -0.15) is 0 Å². The van der Waals surface area contributed by atoms with E-state index in [4.69, 9.17) is 0 Å². The van der Waals surface area contributed by atoms with Crippen LogP contribution in [0, 0.1) is 5.82 Å². The van der Waals surface area contributed by atoms with Crippen LogP contribution in [0.5, 0.6) is 0 Å². The summed E-state index contributed by atoms with van der Waals surface area (Å²) in [5, 5.41) is 5.07. The zero-order valence-electron chi connectivity index (χ0n) is 18.4. The van der Waals surface area contributed by atoms with Crippen LogP contribution in [0.3, 0.4) is 0 Å². The van der Waals surface area contributed by atoms with Crippen LogP contribution in [0.4, 0.5) is 15.2 Å². The van der Waals surface area contributed by atoms with Crippen molar-refractivity contribution in [1.29, 1.82) is 0 Å². The van der Waals surface area contributed by atoms with Gasteiger partial charge in [-0.1, -0.05) is 42.5 Å². The van der Waals surface area contributed by atoms with Gasteiger partial charge in [0.25, 0.3) is 5.91 Å². The molecule has 172 valence electrons. The monoisotopic (exact) mass is 467 g/mol. The molecule has 4 rings (SSSR count). The second-order valence-corrected chi connectivity index (χ2v) is 8.80. The number of anilines is 2. The van der Waals surface area contributed by atoms with E-state index in [2.05, 4.69) is 15.2 Å². The first kappa shape index (κ1) is 22.9. The third-order valence-corrected chi connectivity index (χ3v) is 6.30. The lowest BCUT2D eigenvalue weighted by molar-refractivity contribution is -0.132. The standard InChI is InChI=1S/C24H26FN5O2S/c1-28(15-18-7-3-2-4-8-18)22(31)16-29-11-13-30(14-12-29)23(32)21-17-33-24(27-21)26-20-10-6-5-9-19(20)25/h2-10,17H,11-16H2,1H3,(H,26,27). The Hall–Kier alpha value is -3.30. The Morgan fingerprint density at radius 1 is 1.06 bits per heavy atom. The fourth-order valence-electron chi connectivity index (χ4n) is 3.64. The van der Waals surface area contributed by atoms with E-state index in [9.17, 15) is 14.0 Å². The minimum absolute atomic E-state index is 0.0574. The normalized spacial score (nSPS) is 14.2. The number of piperazine rings is 1. The molecule has 1 aliphatic heterocycles. The van der Waals surface area contributed by atoms with Gasteiger partial charge in [0.2, 0.25) is 5.91 Å². The lowest BCUT2D eigenvalue weighted by Gasteiger charge is -2.34. The number of para-hydroxylation sites is 1. The molecule has 1 aliphatic rings. The number of nitrogens with one attached hydrogen (secondary N) is 1. The summed E-state index contributed by atoms with van der Waals surface area (Å²) < 4.78 is 13.8. The number of rotatable bonds is 7. The van der Waals surface area contributed by atoms with E-state index < -0.39 is 0 Å². The van der Waals surface area contributed by atoms with Gasteiger partial charge in [0.15, 0.2) is 5.13 Å². The molecule has 1 aromatic heterocycles. The zero-order valence-corrected chi connectivity index (χ0v) is 19.2. The van der Waals surface area contributed by atoms with Crippen LogP contribution in [0.2, 0.25) is 0 Å². The smallest absolute Gasteiger partial charge is 0.273 e. The molecule has 0 radical (unpaired) electrons. The Balaban J connectivity index is 1.26. The molecule has 0 saturated carbocycles. The van der Waals surface area contributed by atoms with Crippen molar-refractivity contribution in [2.24, 2.45) is 0 Å². The molecule has 33 heavy (non-hydrogen) atoms. The maximum Gasteiger partial charge on any atom is 0.273 e. The molecule has 3 aromatic rings. The molecule has 2 aromatic carbocycles. The third kappa shape index (κ3) is 5.94. The number of hydrogen-bond acceptors (Lipinski definition) is 6. The highest BCUT2D eigenvalue weighted by atomic mass is 32.1. The van der Waals surface area contributed by atoms with Gasteiger partial charge in [-0.25, -0.2) is 9.37 Å². The molecule has 9 heteroatoms. The van der Waals surface area contributed by atoms with Crippen LogP contribution < -0.4 is 5.32 Å². The average molecular weight is 468 g/mol. The Bertz CT molecular complexity index is 1100. The maximum absolute atomic E-state index is 13.8. The molecule has 0 bridgehead atoms. The first-order chi connectivity index (χ1) is 16.0. The number of hydrogen-bond donors (Lipinski definition) is 1. The summed E-state index contributed by atoms with van der Waals surface area (Å²) in [5.74, 6) is -0.470. The van der Waals surface area contributed by atoms with Crippen molar-refractivity contribution in [3.63, 3.8) is 0 Å². The zero-order chi connectivity index (χ0) is 23.2. The molecule has 0 aliphatic carbocycles. The Morgan fingerprint density at radius 2 is 1.76 bits per heavy atom. The summed E-state index contributed by atoms with van der Waals surface area (Å²) in [6, 6.07) is 16.2. The van der Waals surface area contributed by atoms with Crippen LogP contribution in [0.25, 0.3) is 0 Å². The number of carbonyl (C=O) groups excluding carboxylic acids is 2. The molecular formula is C24H26FN5O2S. The van der Waals surface area contributed by atoms with E-state index in [-0.39, 0.29) is 17.6 Å². The summed E-state index contributed by atoms with van der Waals surface area (Å²) in [6.45, 7) is 3.22. The van der Waals surface area contributed by atoms with Crippen molar-refractivity contribution in [3.8, 4) is 0 Å². The molecule has 1 saturated heterocycles. The molecule has 0 atom stereocenters. The van der Waals surface area contributed by atoms with Crippen molar-refractivity contribution in [3.05, 3.63) is 77.1 Å². The van der Waals surface area contributed by atoms with E-state index in [0.717, 1.165) is 5.56 Å². The number of nitrogens with zero attached hydrogens (tertiary/aromatic N) is 4. The number of aromatic nitrogens is 1. The Labute approximate surface area is 196 Å². The minimum atomic E-state index is -0.374. The quantitative estimate of drug-likeness (QED) is 0.577. The second-order valence-electron chi connectivity index (χ2n) is 7.95. The van der Waals surface area contributed by atoms with Gasteiger partial charge in [0.1, 0.15) is 11.5 Å². The predicted octanol–water partition coefficient (Wildman–Crippen LogP) is 3.44. The molecule has 2 amide bonds. The van der Waals surface area contributed by atoms with E-state index in [1.165, 1.54) is 17.4 Å². The lowest BCUT2D eigenvalue weighted by atomic mass is 10.2. The highest BCUT2D eigenvalue weighted by molar-refractivity contribution is 7.14. The van der Waals surface area contributed by atoms with Gasteiger partial charge in [-0.15, -0.1) is 11.3 Å². The number of carbonyl (C=O) groups is 2. The highest BCUT2D eigenvalue weighted by Gasteiger charge is 2.25. The minimum Gasteiger partial charge on any atom is -0.340 e. The molecule has 1 fully saturated rings. The summed E-state index contributed by atoms with van der Waals surface area (Å²) in [7, 11) is 1.81. The van der Waals surface area contributed by atoms with E-state index in [1.807, 2.05) is 37.4 Å². The van der Waals surface area contributed by atoms with E-state index in [1.54, 1.807) is 33.4 Å². The largest absolute Gasteiger partial charge is 0.340 e. The van der Waals surface area contributed by atoms with Crippen LogP contribution in [0.15, 0.2) is 60.0 Å². The molecule has 1 N–H and O–H groups in total. The van der Waals surface area contributed by atoms with Crippen molar-refractivity contribution < 1.29 is 14.0 Å². The van der Waals surface area contributed by atoms with Crippen LogP contribution >= 0.6 is 11.3 Å². The number of benzene rings is 2. The Kier molecular flexibility index (Phi) is 7.31. The topological polar surface area (TPSA) is 68.8 Å². The van der Waals surface area contributed by atoms with Crippen molar-refractivity contribution in [2.75, 3.05) is 45.1 Å². The summed E-state index contributed by atoms with van der Waals surface area (Å²) >= 11 is 1.26. The number of thiazole rings is 1. The van der Waals surface area contributed by atoms with Gasteiger partial charge in [0, 0.05) is 45.2 Å². The molecule has 7 nitrogen and oxygen atoms in total. The van der Waals surface area contributed by atoms with Gasteiger partial charge < -0.3 is 15.1 Å². The Morgan fingerprint density at radius 3 is 2.48 bits per heavy atom. The first-order valence-corrected chi connectivity index (χ1v) is 11.6. The number of likely N-dealkylation sites (N-methyl/N-ethyl adjacent to an activating group) is 1.